The summed E-state index contributed by atoms with van der Waals surface area (Å²) in [4.78, 5) is 9.02. The Morgan fingerprint density at radius 3 is 2.70 bits per heavy atom. The van der Waals surface area contributed by atoms with E-state index in [1.807, 2.05) is 25.1 Å². The van der Waals surface area contributed by atoms with Crippen LogP contribution in [0.5, 0.6) is 0 Å². The van der Waals surface area contributed by atoms with Gasteiger partial charge in [-0.15, -0.1) is 24.0 Å². The Labute approximate surface area is 212 Å². The number of rotatable bonds is 7. The number of hydrogen-bond donors (Lipinski definition) is 2. The van der Waals surface area contributed by atoms with E-state index in [1.54, 1.807) is 19.2 Å². The fourth-order valence-electron chi connectivity index (χ4n) is 4.54. The molecular formula is C25H33FIN5O. The Hall–Kier alpha value is -2.20. The molecule has 0 bridgehead atoms. The van der Waals surface area contributed by atoms with Crippen molar-refractivity contribution in [3.8, 4) is 0 Å². The van der Waals surface area contributed by atoms with Crippen molar-refractivity contribution >= 4 is 41.0 Å². The highest BCUT2D eigenvalue weighted by atomic mass is 127. The van der Waals surface area contributed by atoms with Crippen LogP contribution >= 0.6 is 24.0 Å². The average molecular weight is 565 g/mol. The third-order valence-corrected chi connectivity index (χ3v) is 6.40. The van der Waals surface area contributed by atoms with E-state index in [9.17, 15) is 4.39 Å². The fraction of sp³-hybridized carbons (Fsp3) is 0.440. The van der Waals surface area contributed by atoms with Crippen LogP contribution in [-0.4, -0.2) is 48.9 Å². The molecule has 8 heteroatoms. The number of aliphatic imine (C=N–C) groups is 1. The number of nitrogens with zero attached hydrogens (tertiary/aromatic N) is 3. The summed E-state index contributed by atoms with van der Waals surface area (Å²) in [5, 5.41) is 6.89. The highest BCUT2D eigenvalue weighted by molar-refractivity contribution is 14.0. The van der Waals surface area contributed by atoms with E-state index in [-0.39, 0.29) is 35.2 Å². The molecule has 178 valence electrons. The molecule has 33 heavy (non-hydrogen) atoms. The van der Waals surface area contributed by atoms with Crippen LogP contribution in [0.3, 0.4) is 0 Å². The third-order valence-electron chi connectivity index (χ3n) is 6.40. The summed E-state index contributed by atoms with van der Waals surface area (Å²) < 4.78 is 21.8. The van der Waals surface area contributed by atoms with Gasteiger partial charge in [-0.25, -0.2) is 9.37 Å². The van der Waals surface area contributed by atoms with E-state index < -0.39 is 0 Å². The monoisotopic (exact) mass is 565 g/mol. The maximum absolute atomic E-state index is 13.9. The maximum atomic E-state index is 13.9. The van der Waals surface area contributed by atoms with Gasteiger partial charge in [0.15, 0.2) is 5.96 Å². The lowest BCUT2D eigenvalue weighted by atomic mass is 9.74. The number of benzene rings is 2. The number of guanidine groups is 1. The molecule has 0 spiro atoms. The largest absolute Gasteiger partial charge is 0.381 e. The van der Waals surface area contributed by atoms with Crippen molar-refractivity contribution in [2.24, 2.45) is 4.99 Å². The number of aryl methyl sites for hydroxylation is 2. The number of fused-ring (bicyclic) bond motifs is 1. The van der Waals surface area contributed by atoms with Crippen molar-refractivity contribution in [3.05, 3.63) is 65.7 Å². The number of aromatic nitrogens is 2. The molecule has 2 aromatic carbocycles. The molecule has 0 amide bonds. The molecule has 0 unspecified atom stereocenters. The van der Waals surface area contributed by atoms with Crippen LogP contribution in [0.15, 0.2) is 53.5 Å². The lowest BCUT2D eigenvalue weighted by Crippen LogP contribution is -2.48. The maximum Gasteiger partial charge on any atom is 0.191 e. The van der Waals surface area contributed by atoms with Gasteiger partial charge in [-0.05, 0) is 56.0 Å². The van der Waals surface area contributed by atoms with Crippen molar-refractivity contribution < 1.29 is 9.13 Å². The Bertz CT molecular complexity index is 1080. The lowest BCUT2D eigenvalue weighted by Gasteiger charge is -2.38. The first-order valence-corrected chi connectivity index (χ1v) is 11.3. The molecule has 1 saturated heterocycles. The fourth-order valence-corrected chi connectivity index (χ4v) is 4.54. The summed E-state index contributed by atoms with van der Waals surface area (Å²) in [5.41, 5.74) is 3.06. The van der Waals surface area contributed by atoms with Gasteiger partial charge in [-0.3, -0.25) is 4.99 Å². The summed E-state index contributed by atoms with van der Waals surface area (Å²) >= 11 is 0. The van der Waals surface area contributed by atoms with E-state index in [0.717, 1.165) is 55.2 Å². The Morgan fingerprint density at radius 1 is 1.15 bits per heavy atom. The van der Waals surface area contributed by atoms with Crippen molar-refractivity contribution in [2.45, 2.75) is 38.1 Å². The van der Waals surface area contributed by atoms with Crippen molar-refractivity contribution in [3.63, 3.8) is 0 Å². The predicted octanol–water partition coefficient (Wildman–Crippen LogP) is 4.41. The first kappa shape index (κ1) is 25.4. The van der Waals surface area contributed by atoms with Gasteiger partial charge in [0, 0.05) is 45.3 Å². The molecule has 1 fully saturated rings. The van der Waals surface area contributed by atoms with E-state index >= 15 is 0 Å². The third kappa shape index (κ3) is 6.03. The zero-order valence-electron chi connectivity index (χ0n) is 19.3. The minimum Gasteiger partial charge on any atom is -0.381 e. The molecular weight excluding hydrogens is 532 g/mol. The molecule has 4 rings (SSSR count). The number of nitrogens with one attached hydrogen (secondary N) is 2. The highest BCUT2D eigenvalue weighted by Crippen LogP contribution is 2.34. The van der Waals surface area contributed by atoms with Gasteiger partial charge in [0.1, 0.15) is 11.6 Å². The zero-order chi connectivity index (χ0) is 22.4. The Balaban J connectivity index is 0.00000306. The van der Waals surface area contributed by atoms with Crippen LogP contribution in [-0.2, 0) is 16.7 Å². The van der Waals surface area contributed by atoms with E-state index in [0.29, 0.717) is 19.8 Å². The Kier molecular flexibility index (Phi) is 9.08. The molecule has 0 saturated carbocycles. The second kappa shape index (κ2) is 11.8. The molecule has 1 aliphatic heterocycles. The van der Waals surface area contributed by atoms with Gasteiger partial charge in [0.2, 0.25) is 0 Å². The number of para-hydroxylation sites is 2. The minimum absolute atomic E-state index is 0. The van der Waals surface area contributed by atoms with Gasteiger partial charge in [0.25, 0.3) is 0 Å². The summed E-state index contributed by atoms with van der Waals surface area (Å²) in [6.45, 7) is 5.78. The summed E-state index contributed by atoms with van der Waals surface area (Å²) in [7, 11) is 1.78. The van der Waals surface area contributed by atoms with Gasteiger partial charge in [-0.2, -0.15) is 0 Å². The molecule has 0 atom stereocenters. The van der Waals surface area contributed by atoms with Crippen LogP contribution in [0.4, 0.5) is 4.39 Å². The van der Waals surface area contributed by atoms with Gasteiger partial charge in [0.05, 0.1) is 11.0 Å². The van der Waals surface area contributed by atoms with Crippen molar-refractivity contribution in [2.75, 3.05) is 33.4 Å². The standard InChI is InChI=1S/C25H32FN5O.HI/c1-19-30-22-9-3-4-10-23(22)31(19)14-6-13-28-24(27-2)29-18-25(11-15-32-16-12-25)20-7-5-8-21(26)17-20;/h3-5,7-10,17H,6,11-16,18H2,1-2H3,(H2,27,28,29);1H. The topological polar surface area (TPSA) is 63.5 Å². The normalized spacial score (nSPS) is 15.8. The van der Waals surface area contributed by atoms with Crippen molar-refractivity contribution in [1.82, 2.24) is 20.2 Å². The smallest absolute Gasteiger partial charge is 0.191 e. The molecule has 2 N–H and O–H groups in total. The number of imidazole rings is 1. The van der Waals surface area contributed by atoms with Crippen LogP contribution in [0.25, 0.3) is 11.0 Å². The van der Waals surface area contributed by atoms with E-state index in [1.165, 1.54) is 11.6 Å². The van der Waals surface area contributed by atoms with Crippen LogP contribution in [0.1, 0.15) is 30.7 Å². The second-order valence-electron chi connectivity index (χ2n) is 8.41. The molecule has 0 radical (unpaired) electrons. The number of halogens is 2. The summed E-state index contributed by atoms with van der Waals surface area (Å²) in [6, 6.07) is 15.2. The van der Waals surface area contributed by atoms with Crippen LogP contribution in [0, 0.1) is 12.7 Å². The number of ether oxygens (including phenoxy) is 1. The molecule has 0 aliphatic carbocycles. The first-order valence-electron chi connectivity index (χ1n) is 11.3. The summed E-state index contributed by atoms with van der Waals surface area (Å²) in [5.74, 6) is 1.60. The van der Waals surface area contributed by atoms with E-state index in [4.69, 9.17) is 4.74 Å². The zero-order valence-corrected chi connectivity index (χ0v) is 21.6. The van der Waals surface area contributed by atoms with Gasteiger partial charge < -0.3 is 19.9 Å². The first-order chi connectivity index (χ1) is 15.6. The molecule has 3 aromatic rings. The molecule has 1 aliphatic rings. The summed E-state index contributed by atoms with van der Waals surface area (Å²) in [6.07, 6.45) is 2.66. The highest BCUT2D eigenvalue weighted by Gasteiger charge is 2.34. The van der Waals surface area contributed by atoms with Crippen LogP contribution < -0.4 is 10.6 Å². The lowest BCUT2D eigenvalue weighted by molar-refractivity contribution is 0.0513. The SMILES string of the molecule is CN=C(NCCCn1c(C)nc2ccccc21)NCC1(c2cccc(F)c2)CCOCC1.I. The average Bonchev–Trinajstić information content (AvgIpc) is 3.14. The van der Waals surface area contributed by atoms with Gasteiger partial charge in [-0.1, -0.05) is 24.3 Å². The molecule has 2 heterocycles. The van der Waals surface area contributed by atoms with Gasteiger partial charge >= 0.3 is 0 Å². The predicted molar refractivity (Wildman–Crippen MR) is 142 cm³/mol. The number of hydrogen-bond acceptors (Lipinski definition) is 3. The van der Waals surface area contributed by atoms with Crippen LogP contribution in [0.2, 0.25) is 0 Å². The van der Waals surface area contributed by atoms with Crippen molar-refractivity contribution in [1.29, 1.82) is 0 Å². The second-order valence-corrected chi connectivity index (χ2v) is 8.41. The quantitative estimate of drug-likeness (QED) is 0.193. The minimum atomic E-state index is -0.196. The molecule has 6 nitrogen and oxygen atoms in total. The van der Waals surface area contributed by atoms with E-state index in [2.05, 4.69) is 37.3 Å². The molecule has 1 aromatic heterocycles. The Morgan fingerprint density at radius 2 is 1.94 bits per heavy atom.